The highest BCUT2D eigenvalue weighted by molar-refractivity contribution is 5.60. The number of aliphatic hydroxyl groups is 3. The molecule has 0 aromatic rings. The van der Waals surface area contributed by atoms with E-state index in [1.807, 2.05) is 6.08 Å². The standard InChI is InChI=1S/C29H42O6/c1-18(9-14-26(32)28(3,4)35-27(33)34-6)23-12-13-24-20(8-7-15-29(23,24)5)10-11-21-16-22(30)17-25(31)19(21)2/h9-11,14,22-26,30-32H,1-2,7-8,12-13,15-17H2,3-6H3/b14-9+,20-10+,21-11-/t22?,23-,24+,25?,26-,29-/m1/s1. The molecule has 0 aliphatic heterocycles. The Morgan fingerprint density at radius 3 is 2.66 bits per heavy atom. The normalized spacial score (nSPS) is 34.8. The Kier molecular flexibility index (Phi) is 8.51. The molecule has 35 heavy (non-hydrogen) atoms. The lowest BCUT2D eigenvalue weighted by Crippen LogP contribution is -2.39. The Morgan fingerprint density at radius 1 is 1.26 bits per heavy atom. The Morgan fingerprint density at radius 2 is 1.97 bits per heavy atom. The zero-order valence-corrected chi connectivity index (χ0v) is 21.6. The molecule has 3 rings (SSSR count). The first kappa shape index (κ1) is 27.4. The highest BCUT2D eigenvalue weighted by Gasteiger charge is 2.49. The van der Waals surface area contributed by atoms with Gasteiger partial charge in [0.25, 0.3) is 0 Å². The van der Waals surface area contributed by atoms with Gasteiger partial charge in [-0.25, -0.2) is 4.79 Å². The first-order chi connectivity index (χ1) is 16.4. The fourth-order valence-electron chi connectivity index (χ4n) is 6.19. The molecule has 0 bridgehead atoms. The summed E-state index contributed by atoms with van der Waals surface area (Å²) < 4.78 is 9.73. The molecule has 6 nitrogen and oxygen atoms in total. The monoisotopic (exact) mass is 486 g/mol. The number of allylic oxidation sites excluding steroid dienone is 5. The summed E-state index contributed by atoms with van der Waals surface area (Å²) in [4.78, 5) is 11.5. The van der Waals surface area contributed by atoms with Crippen LogP contribution in [0.2, 0.25) is 0 Å². The van der Waals surface area contributed by atoms with E-state index in [0.717, 1.165) is 43.3 Å². The van der Waals surface area contributed by atoms with Gasteiger partial charge < -0.3 is 24.8 Å². The molecule has 3 aliphatic rings. The number of hydrogen-bond donors (Lipinski definition) is 3. The molecule has 3 N–H and O–H groups in total. The van der Waals surface area contributed by atoms with Crippen LogP contribution in [0, 0.1) is 17.3 Å². The van der Waals surface area contributed by atoms with Gasteiger partial charge in [-0.15, -0.1) is 0 Å². The summed E-state index contributed by atoms with van der Waals surface area (Å²) in [5.41, 5.74) is 3.00. The van der Waals surface area contributed by atoms with Crippen LogP contribution in [-0.2, 0) is 9.47 Å². The highest BCUT2D eigenvalue weighted by atomic mass is 16.7. The maximum atomic E-state index is 11.5. The minimum absolute atomic E-state index is 0.0790. The molecule has 0 saturated heterocycles. The van der Waals surface area contributed by atoms with Crippen molar-refractivity contribution in [3.8, 4) is 0 Å². The van der Waals surface area contributed by atoms with Gasteiger partial charge in [0, 0.05) is 6.42 Å². The Balaban J connectivity index is 1.73. The lowest BCUT2D eigenvalue weighted by molar-refractivity contribution is -0.0615. The third kappa shape index (κ3) is 5.99. The SMILES string of the molecule is C=C1/C(=C\C=C2/CCC[C@]3(C)[C@@H](C(=C)/C=C/[C@@H](O)C(C)(C)OC(=O)OC)CC[C@@H]23)CC(O)CC1O. The Hall–Kier alpha value is -2.15. The molecule has 3 aliphatic carbocycles. The molecule has 0 radical (unpaired) electrons. The van der Waals surface area contributed by atoms with E-state index in [2.05, 4.69) is 37.0 Å². The number of rotatable bonds is 6. The summed E-state index contributed by atoms with van der Waals surface area (Å²) in [6.07, 6.45) is 11.0. The summed E-state index contributed by atoms with van der Waals surface area (Å²) >= 11 is 0. The van der Waals surface area contributed by atoms with Crippen molar-refractivity contribution in [2.24, 2.45) is 17.3 Å². The lowest BCUT2D eigenvalue weighted by atomic mass is 9.62. The molecule has 194 valence electrons. The maximum Gasteiger partial charge on any atom is 0.508 e. The molecule has 3 fully saturated rings. The van der Waals surface area contributed by atoms with Crippen LogP contribution in [-0.4, -0.2) is 52.5 Å². The maximum absolute atomic E-state index is 11.5. The number of aliphatic hydroxyl groups excluding tert-OH is 3. The van der Waals surface area contributed by atoms with Crippen molar-refractivity contribution in [1.82, 2.24) is 0 Å². The molecule has 0 aromatic carbocycles. The molecule has 2 unspecified atom stereocenters. The van der Waals surface area contributed by atoms with E-state index in [-0.39, 0.29) is 5.41 Å². The van der Waals surface area contributed by atoms with E-state index in [1.54, 1.807) is 19.9 Å². The van der Waals surface area contributed by atoms with Gasteiger partial charge >= 0.3 is 6.16 Å². The largest absolute Gasteiger partial charge is 0.508 e. The molecule has 0 amide bonds. The van der Waals surface area contributed by atoms with E-state index >= 15 is 0 Å². The van der Waals surface area contributed by atoms with Crippen LogP contribution in [0.25, 0.3) is 0 Å². The van der Waals surface area contributed by atoms with Crippen molar-refractivity contribution in [2.75, 3.05) is 7.11 Å². The minimum atomic E-state index is -1.12. The van der Waals surface area contributed by atoms with Crippen molar-refractivity contribution >= 4 is 6.16 Å². The number of hydrogen-bond acceptors (Lipinski definition) is 6. The van der Waals surface area contributed by atoms with Gasteiger partial charge in [-0.2, -0.15) is 0 Å². The second kappa shape index (κ2) is 10.9. The zero-order valence-electron chi connectivity index (χ0n) is 21.6. The van der Waals surface area contributed by atoms with Crippen molar-refractivity contribution in [3.63, 3.8) is 0 Å². The van der Waals surface area contributed by atoms with E-state index < -0.39 is 30.1 Å². The summed E-state index contributed by atoms with van der Waals surface area (Å²) in [6, 6.07) is 0. The van der Waals surface area contributed by atoms with Crippen LogP contribution in [0.15, 0.2) is 59.8 Å². The fraction of sp³-hybridized carbons (Fsp3) is 0.621. The van der Waals surface area contributed by atoms with E-state index in [0.29, 0.717) is 30.3 Å². The van der Waals surface area contributed by atoms with Crippen LogP contribution in [0.5, 0.6) is 0 Å². The first-order valence-electron chi connectivity index (χ1n) is 12.7. The smallest absolute Gasteiger partial charge is 0.438 e. The molecule has 0 aromatic heterocycles. The average Bonchev–Trinajstić information content (AvgIpc) is 3.15. The minimum Gasteiger partial charge on any atom is -0.438 e. The van der Waals surface area contributed by atoms with Gasteiger partial charge in [-0.3, -0.25) is 0 Å². The first-order valence-corrected chi connectivity index (χ1v) is 12.7. The van der Waals surface area contributed by atoms with Gasteiger partial charge in [0.05, 0.1) is 19.3 Å². The number of methoxy groups -OCH3 is 1. The third-order valence-electron chi connectivity index (χ3n) is 8.39. The van der Waals surface area contributed by atoms with Gasteiger partial charge in [0.1, 0.15) is 11.7 Å². The number of carbonyl (C=O) groups excluding carboxylic acids is 1. The van der Waals surface area contributed by atoms with Gasteiger partial charge in [-0.05, 0) is 80.8 Å². The molecule has 6 atom stereocenters. The fourth-order valence-corrected chi connectivity index (χ4v) is 6.19. The van der Waals surface area contributed by atoms with Gasteiger partial charge in [0.15, 0.2) is 0 Å². The van der Waals surface area contributed by atoms with Crippen molar-refractivity contribution in [2.45, 2.75) is 89.6 Å². The predicted molar refractivity (Wildman–Crippen MR) is 137 cm³/mol. The number of fused-ring (bicyclic) bond motifs is 1. The van der Waals surface area contributed by atoms with E-state index in [9.17, 15) is 20.1 Å². The lowest BCUT2D eigenvalue weighted by Gasteiger charge is -2.42. The second-order valence-electron chi connectivity index (χ2n) is 11.1. The molecule has 6 heteroatoms. The number of ether oxygens (including phenoxy) is 2. The molecular weight excluding hydrogens is 444 g/mol. The predicted octanol–water partition coefficient (Wildman–Crippen LogP) is 5.16. The molecule has 0 heterocycles. The van der Waals surface area contributed by atoms with Crippen LogP contribution in [0.3, 0.4) is 0 Å². The van der Waals surface area contributed by atoms with Crippen LogP contribution < -0.4 is 0 Å². The molecular formula is C29H42O6. The second-order valence-corrected chi connectivity index (χ2v) is 11.1. The Labute approximate surface area is 209 Å². The van der Waals surface area contributed by atoms with Crippen molar-refractivity contribution < 1.29 is 29.6 Å². The molecule has 3 saturated carbocycles. The average molecular weight is 487 g/mol. The zero-order chi connectivity index (χ0) is 26.0. The summed E-state index contributed by atoms with van der Waals surface area (Å²) in [5, 5.41) is 30.8. The van der Waals surface area contributed by atoms with Gasteiger partial charge in [-0.1, -0.05) is 55.5 Å². The van der Waals surface area contributed by atoms with E-state index in [4.69, 9.17) is 4.74 Å². The third-order valence-corrected chi connectivity index (χ3v) is 8.39. The van der Waals surface area contributed by atoms with Crippen molar-refractivity contribution in [3.05, 3.63) is 59.8 Å². The topological polar surface area (TPSA) is 96.2 Å². The van der Waals surface area contributed by atoms with Crippen LogP contribution in [0.4, 0.5) is 4.79 Å². The van der Waals surface area contributed by atoms with Crippen molar-refractivity contribution in [1.29, 1.82) is 0 Å². The summed E-state index contributed by atoms with van der Waals surface area (Å²) in [7, 11) is 1.24. The van der Waals surface area contributed by atoms with Crippen LogP contribution in [0.1, 0.15) is 65.7 Å². The highest BCUT2D eigenvalue weighted by Crippen LogP contribution is 2.59. The summed E-state index contributed by atoms with van der Waals surface area (Å²) in [5.74, 6) is 0.740. The Bertz CT molecular complexity index is 925. The van der Waals surface area contributed by atoms with E-state index in [1.165, 1.54) is 12.7 Å². The number of carbonyl (C=O) groups is 1. The molecule has 0 spiro atoms. The van der Waals surface area contributed by atoms with Crippen LogP contribution >= 0.6 is 0 Å². The summed E-state index contributed by atoms with van der Waals surface area (Å²) in [6.45, 7) is 14.0. The van der Waals surface area contributed by atoms with Gasteiger partial charge in [0.2, 0.25) is 0 Å². The quantitative estimate of drug-likeness (QED) is 0.354.